The zero-order chi connectivity index (χ0) is 22.1. The fourth-order valence-corrected chi connectivity index (χ4v) is 4.89. The van der Waals surface area contributed by atoms with Gasteiger partial charge in [0.25, 0.3) is 5.91 Å². The number of methoxy groups -OCH3 is 1. The molecule has 0 radical (unpaired) electrons. The predicted molar refractivity (Wildman–Crippen MR) is 123 cm³/mol. The lowest BCUT2D eigenvalue weighted by Crippen LogP contribution is -2.52. The van der Waals surface area contributed by atoms with Crippen LogP contribution in [-0.2, 0) is 5.41 Å². The number of thiophene rings is 1. The van der Waals surface area contributed by atoms with Crippen molar-refractivity contribution in [3.63, 3.8) is 0 Å². The van der Waals surface area contributed by atoms with Gasteiger partial charge < -0.3 is 15.0 Å². The van der Waals surface area contributed by atoms with E-state index in [0.717, 1.165) is 32.4 Å². The van der Waals surface area contributed by atoms with Crippen molar-refractivity contribution in [1.82, 2.24) is 15.5 Å². The van der Waals surface area contributed by atoms with Crippen LogP contribution in [-0.4, -0.2) is 50.1 Å². The second-order valence-corrected chi connectivity index (χ2v) is 8.52. The maximum atomic E-state index is 12.9. The number of piperidine rings is 1. The maximum Gasteiger partial charge on any atom is 0.255 e. The van der Waals surface area contributed by atoms with Crippen LogP contribution in [0.5, 0.6) is 5.75 Å². The second kappa shape index (κ2) is 10.8. The van der Waals surface area contributed by atoms with Crippen LogP contribution in [0.1, 0.15) is 41.4 Å². The molecule has 1 aromatic heterocycles. The molecule has 0 bridgehead atoms. The van der Waals surface area contributed by atoms with Gasteiger partial charge in [0.1, 0.15) is 5.75 Å². The molecule has 1 aliphatic rings. The molecule has 0 saturated carbocycles. The minimum absolute atomic E-state index is 0.132. The molecule has 1 amide bonds. The first-order chi connectivity index (χ1) is 15.1. The van der Waals surface area contributed by atoms with Gasteiger partial charge in [0.2, 0.25) is 5.96 Å². The molecular weight excluding hydrogens is 410 g/mol. The number of nitriles is 1. The van der Waals surface area contributed by atoms with Gasteiger partial charge >= 0.3 is 0 Å². The van der Waals surface area contributed by atoms with E-state index in [1.54, 1.807) is 30.6 Å². The monoisotopic (exact) mass is 439 g/mol. The number of amides is 1. The Morgan fingerprint density at radius 1 is 1.29 bits per heavy atom. The number of benzene rings is 1. The minimum Gasteiger partial charge on any atom is -0.496 e. The van der Waals surface area contributed by atoms with E-state index < -0.39 is 0 Å². The number of hydrogen-bond donors (Lipinski definition) is 2. The molecule has 7 nitrogen and oxygen atoms in total. The van der Waals surface area contributed by atoms with E-state index in [9.17, 15) is 4.79 Å². The molecule has 0 spiro atoms. The van der Waals surface area contributed by atoms with Crippen molar-refractivity contribution < 1.29 is 9.53 Å². The first-order valence-electron chi connectivity index (χ1n) is 10.5. The molecular formula is C23H29N5O2S. The van der Waals surface area contributed by atoms with Crippen molar-refractivity contribution in [1.29, 1.82) is 5.26 Å². The summed E-state index contributed by atoms with van der Waals surface area (Å²) in [4.78, 5) is 20.8. The maximum absolute atomic E-state index is 12.9. The molecule has 1 aromatic carbocycles. The van der Waals surface area contributed by atoms with Crippen LogP contribution in [0, 0.1) is 11.5 Å². The van der Waals surface area contributed by atoms with Crippen molar-refractivity contribution in [2.24, 2.45) is 4.99 Å². The number of para-hydroxylation sites is 1. The Hall–Kier alpha value is -3.05. The Morgan fingerprint density at radius 2 is 2.06 bits per heavy atom. The number of nitrogens with zero attached hydrogens (tertiary/aromatic N) is 3. The van der Waals surface area contributed by atoms with Crippen LogP contribution in [0.4, 0.5) is 0 Å². The minimum atomic E-state index is -0.148. The quantitative estimate of drug-likeness (QED) is 0.299. The molecule has 1 fully saturated rings. The lowest BCUT2D eigenvalue weighted by molar-refractivity contribution is 0.0929. The highest BCUT2D eigenvalue weighted by atomic mass is 32.1. The average molecular weight is 440 g/mol. The number of hydrogen-bond acceptors (Lipinski definition) is 5. The fourth-order valence-electron chi connectivity index (χ4n) is 3.90. The van der Waals surface area contributed by atoms with E-state index in [2.05, 4.69) is 45.0 Å². The van der Waals surface area contributed by atoms with Gasteiger partial charge in [-0.25, -0.2) is 0 Å². The van der Waals surface area contributed by atoms with Gasteiger partial charge in [-0.05, 0) is 42.8 Å². The van der Waals surface area contributed by atoms with Crippen molar-refractivity contribution in [2.45, 2.75) is 31.6 Å². The van der Waals surface area contributed by atoms with Gasteiger partial charge in [0.05, 0.1) is 12.7 Å². The lowest BCUT2D eigenvalue weighted by atomic mass is 9.77. The third-order valence-electron chi connectivity index (χ3n) is 5.66. The summed E-state index contributed by atoms with van der Waals surface area (Å²) in [5, 5.41) is 17.1. The molecule has 1 aliphatic heterocycles. The molecule has 2 N–H and O–H groups in total. The van der Waals surface area contributed by atoms with Crippen LogP contribution >= 0.6 is 11.3 Å². The number of nitrogens with one attached hydrogen (secondary N) is 2. The van der Waals surface area contributed by atoms with E-state index in [1.807, 2.05) is 18.3 Å². The highest BCUT2D eigenvalue weighted by molar-refractivity contribution is 7.10. The van der Waals surface area contributed by atoms with Gasteiger partial charge in [0, 0.05) is 36.5 Å². The lowest BCUT2D eigenvalue weighted by Gasteiger charge is -2.42. The Bertz CT molecular complexity index is 928. The predicted octanol–water partition coefficient (Wildman–Crippen LogP) is 3.36. The number of aliphatic imine (C=N–C) groups is 1. The van der Waals surface area contributed by atoms with Crippen molar-refractivity contribution in [3.8, 4) is 11.9 Å². The van der Waals surface area contributed by atoms with Gasteiger partial charge in [-0.1, -0.05) is 25.1 Å². The second-order valence-electron chi connectivity index (χ2n) is 7.57. The van der Waals surface area contributed by atoms with Crippen molar-refractivity contribution in [3.05, 3.63) is 52.2 Å². The highest BCUT2D eigenvalue weighted by Crippen LogP contribution is 2.38. The van der Waals surface area contributed by atoms with Crippen LogP contribution in [0.25, 0.3) is 0 Å². The zero-order valence-electron chi connectivity index (χ0n) is 18.1. The fraction of sp³-hybridized carbons (Fsp3) is 0.435. The third kappa shape index (κ3) is 5.36. The summed E-state index contributed by atoms with van der Waals surface area (Å²) < 4.78 is 5.34. The largest absolute Gasteiger partial charge is 0.496 e. The normalized spacial score (nSPS) is 15.8. The molecule has 0 aliphatic carbocycles. The highest BCUT2D eigenvalue weighted by Gasteiger charge is 2.38. The van der Waals surface area contributed by atoms with Gasteiger partial charge in [0.15, 0.2) is 6.19 Å². The molecule has 3 rings (SSSR count). The Kier molecular flexibility index (Phi) is 7.90. The van der Waals surface area contributed by atoms with Crippen molar-refractivity contribution in [2.75, 3.05) is 33.3 Å². The smallest absolute Gasteiger partial charge is 0.255 e. The summed E-state index contributed by atoms with van der Waals surface area (Å²) in [6.45, 7) is 4.83. The van der Waals surface area contributed by atoms with Crippen molar-refractivity contribution >= 4 is 23.2 Å². The zero-order valence-corrected chi connectivity index (χ0v) is 18.9. The molecule has 0 unspecified atom stereocenters. The molecule has 164 valence electrons. The summed E-state index contributed by atoms with van der Waals surface area (Å²) in [6.07, 6.45) is 4.65. The molecule has 31 heavy (non-hydrogen) atoms. The van der Waals surface area contributed by atoms with Crippen LogP contribution < -0.4 is 15.4 Å². The number of carbonyl (C=O) groups excluding carboxylic acids is 1. The Morgan fingerprint density at radius 3 is 2.71 bits per heavy atom. The average Bonchev–Trinajstić information content (AvgIpc) is 3.36. The first kappa shape index (κ1) is 22.6. The summed E-state index contributed by atoms with van der Waals surface area (Å²) in [5.41, 5.74) is 0.390. The molecule has 0 atom stereocenters. The Balaban J connectivity index is 1.74. The van der Waals surface area contributed by atoms with Crippen LogP contribution in [0.15, 0.2) is 46.8 Å². The third-order valence-corrected chi connectivity index (χ3v) is 6.77. The summed E-state index contributed by atoms with van der Waals surface area (Å²) >= 11 is 1.72. The van der Waals surface area contributed by atoms with E-state index in [0.29, 0.717) is 30.4 Å². The summed E-state index contributed by atoms with van der Waals surface area (Å²) in [5.74, 6) is 1.08. The Labute approximate surface area is 187 Å². The number of guanidine groups is 1. The van der Waals surface area contributed by atoms with E-state index in [-0.39, 0.29) is 11.3 Å². The number of ether oxygens (including phenoxy) is 1. The topological polar surface area (TPSA) is 89.8 Å². The number of rotatable bonds is 7. The number of carbonyl (C=O) groups is 1. The van der Waals surface area contributed by atoms with Crippen LogP contribution in [0.3, 0.4) is 0 Å². The van der Waals surface area contributed by atoms with E-state index in [1.165, 1.54) is 4.88 Å². The molecule has 1 saturated heterocycles. The van der Waals surface area contributed by atoms with Gasteiger partial charge in [-0.2, -0.15) is 5.26 Å². The standard InChI is InChI=1S/C23H29N5O2S/c1-3-12-25-22(27-17-24)28-13-10-23(11-14-28,20-9-6-15-31-20)16-26-21(29)18-7-4-5-8-19(18)30-2/h4-9,15H,3,10-14,16H2,1-2H3,(H,25,27)(H,26,29). The number of likely N-dealkylation sites (tertiary alicyclic amines) is 1. The first-order valence-corrected chi connectivity index (χ1v) is 11.4. The van der Waals surface area contributed by atoms with Gasteiger partial charge in [-0.3, -0.25) is 15.1 Å². The molecule has 2 aromatic rings. The van der Waals surface area contributed by atoms with Gasteiger partial charge in [-0.15, -0.1) is 11.3 Å². The van der Waals surface area contributed by atoms with E-state index >= 15 is 0 Å². The SMILES string of the molecule is CCCN=C(NC#N)N1CCC(CNC(=O)c2ccccc2OC)(c2cccs2)CC1. The molecule has 2 heterocycles. The molecule has 8 heteroatoms. The van der Waals surface area contributed by atoms with Crippen LogP contribution in [0.2, 0.25) is 0 Å². The summed E-state index contributed by atoms with van der Waals surface area (Å²) in [7, 11) is 1.57. The van der Waals surface area contributed by atoms with E-state index in [4.69, 9.17) is 10.00 Å². The summed E-state index contributed by atoms with van der Waals surface area (Å²) in [6, 6.07) is 11.5.